The van der Waals surface area contributed by atoms with Crippen LogP contribution in [0.15, 0.2) is 43.2 Å². The number of likely N-dealkylation sites (tertiary alicyclic amines) is 1. The zero-order valence-electron chi connectivity index (χ0n) is 27.2. The highest BCUT2D eigenvalue weighted by Gasteiger charge is 2.42. The van der Waals surface area contributed by atoms with Crippen molar-refractivity contribution in [3.8, 4) is 5.75 Å². The van der Waals surface area contributed by atoms with E-state index in [-0.39, 0.29) is 36.1 Å². The van der Waals surface area contributed by atoms with E-state index in [0.717, 1.165) is 12.1 Å². The Balaban J connectivity index is 0.00000625. The molecule has 1 aliphatic heterocycles. The van der Waals surface area contributed by atoms with Crippen molar-refractivity contribution in [1.29, 1.82) is 0 Å². The third kappa shape index (κ3) is 8.37. The number of ether oxygens (including phenoxy) is 1. The van der Waals surface area contributed by atoms with Gasteiger partial charge in [0.25, 0.3) is 0 Å². The first-order valence-electron chi connectivity index (χ1n) is 14.9. The van der Waals surface area contributed by atoms with Crippen molar-refractivity contribution in [3.05, 3.63) is 65.5 Å². The van der Waals surface area contributed by atoms with E-state index < -0.39 is 57.9 Å². The smallest absolute Gasteiger partial charge is 0.246 e. The lowest BCUT2D eigenvalue weighted by molar-refractivity contribution is -0.143. The Morgan fingerprint density at radius 1 is 1.17 bits per heavy atom. The zero-order valence-corrected chi connectivity index (χ0v) is 28.7. The molecular formula is C33H38Cl2F2N6O5. The third-order valence-electron chi connectivity index (χ3n) is 7.94. The predicted molar refractivity (Wildman–Crippen MR) is 181 cm³/mol. The number of halogens is 4. The molecule has 4 rings (SSSR count). The van der Waals surface area contributed by atoms with Gasteiger partial charge in [-0.15, -0.1) is 12.4 Å². The largest absolute Gasteiger partial charge is 0.496 e. The maximum atomic E-state index is 14.7. The molecule has 3 atom stereocenters. The average Bonchev–Trinajstić information content (AvgIpc) is 3.53. The number of amides is 3. The Bertz CT molecular complexity index is 1730. The van der Waals surface area contributed by atoms with E-state index in [9.17, 15) is 28.0 Å². The van der Waals surface area contributed by atoms with Crippen molar-refractivity contribution in [1.82, 2.24) is 25.5 Å². The summed E-state index contributed by atoms with van der Waals surface area (Å²) in [6, 6.07) is 2.82. The number of methoxy groups -OCH3 is 1. The lowest BCUT2D eigenvalue weighted by Crippen LogP contribution is -2.59. The number of ketones is 1. The van der Waals surface area contributed by atoms with E-state index in [1.54, 1.807) is 32.9 Å². The van der Waals surface area contributed by atoms with Crippen molar-refractivity contribution < 1.29 is 32.7 Å². The normalized spacial score (nSPS) is 15.6. The summed E-state index contributed by atoms with van der Waals surface area (Å²) in [6.07, 6.45) is 3.21. The van der Waals surface area contributed by atoms with E-state index in [2.05, 4.69) is 32.5 Å². The molecule has 3 amide bonds. The minimum atomic E-state index is -0.992. The second-order valence-corrected chi connectivity index (χ2v) is 12.7. The van der Waals surface area contributed by atoms with Crippen LogP contribution < -0.4 is 20.7 Å². The van der Waals surface area contributed by atoms with Gasteiger partial charge in [0.1, 0.15) is 40.8 Å². The molecule has 0 bridgehead atoms. The number of hydrogen-bond donors (Lipinski definition) is 3. The van der Waals surface area contributed by atoms with Crippen molar-refractivity contribution in [3.63, 3.8) is 0 Å². The lowest BCUT2D eigenvalue weighted by Gasteiger charge is -2.36. The van der Waals surface area contributed by atoms with E-state index in [4.69, 9.17) is 16.3 Å². The van der Waals surface area contributed by atoms with Crippen LogP contribution in [0.1, 0.15) is 46.1 Å². The number of anilines is 2. The quantitative estimate of drug-likeness (QED) is 0.186. The molecule has 0 saturated carbocycles. The zero-order chi connectivity index (χ0) is 34.6. The van der Waals surface area contributed by atoms with Gasteiger partial charge < -0.3 is 25.6 Å². The van der Waals surface area contributed by atoms with E-state index in [0.29, 0.717) is 41.6 Å². The summed E-state index contributed by atoms with van der Waals surface area (Å²) in [6.45, 7) is 10.6. The lowest BCUT2D eigenvalue weighted by atomic mass is 9.85. The highest BCUT2D eigenvalue weighted by molar-refractivity contribution is 6.31. The molecule has 1 fully saturated rings. The summed E-state index contributed by atoms with van der Waals surface area (Å²) >= 11 is 5.75. The Morgan fingerprint density at radius 2 is 1.88 bits per heavy atom. The van der Waals surface area contributed by atoms with Gasteiger partial charge in [0.15, 0.2) is 11.6 Å². The van der Waals surface area contributed by atoms with Crippen LogP contribution in [-0.2, 0) is 25.6 Å². The molecule has 0 unspecified atom stereocenters. The second kappa shape index (κ2) is 15.7. The fraction of sp³-hybridized carbons (Fsp3) is 0.394. The van der Waals surface area contributed by atoms with Gasteiger partial charge in [0.05, 0.1) is 24.4 Å². The number of carbonyl (C=O) groups excluding carboxylic acids is 4. The van der Waals surface area contributed by atoms with Crippen LogP contribution in [0.3, 0.4) is 0 Å². The molecule has 11 nitrogen and oxygen atoms in total. The van der Waals surface area contributed by atoms with Crippen molar-refractivity contribution in [2.45, 2.75) is 65.1 Å². The number of carbonyl (C=O) groups is 4. The Morgan fingerprint density at radius 3 is 2.52 bits per heavy atom. The van der Waals surface area contributed by atoms with Gasteiger partial charge >= 0.3 is 0 Å². The fourth-order valence-electron chi connectivity index (χ4n) is 5.40. The number of nitrogens with one attached hydrogen (secondary N) is 3. The molecule has 1 saturated heterocycles. The molecule has 3 aromatic rings. The Labute approximate surface area is 288 Å². The highest BCUT2D eigenvalue weighted by Crippen LogP contribution is 2.34. The highest BCUT2D eigenvalue weighted by atomic mass is 35.5. The van der Waals surface area contributed by atoms with Crippen molar-refractivity contribution >= 4 is 69.9 Å². The molecule has 0 aliphatic carbocycles. The van der Waals surface area contributed by atoms with Crippen LogP contribution in [0, 0.1) is 17.0 Å². The first-order valence-corrected chi connectivity index (χ1v) is 15.3. The number of rotatable bonds is 11. The van der Waals surface area contributed by atoms with Gasteiger partial charge in [-0.05, 0) is 49.5 Å². The van der Waals surface area contributed by atoms with Crippen LogP contribution in [0.2, 0.25) is 5.02 Å². The van der Waals surface area contributed by atoms with Crippen LogP contribution in [0.25, 0.3) is 10.9 Å². The fourth-order valence-corrected chi connectivity index (χ4v) is 5.56. The van der Waals surface area contributed by atoms with Crippen LogP contribution in [-0.4, -0.2) is 70.2 Å². The van der Waals surface area contributed by atoms with Gasteiger partial charge in [-0.2, -0.15) is 0 Å². The Hall–Kier alpha value is -4.36. The minimum absolute atomic E-state index is 0. The second-order valence-electron chi connectivity index (χ2n) is 12.3. The predicted octanol–water partition coefficient (Wildman–Crippen LogP) is 5.06. The van der Waals surface area contributed by atoms with Gasteiger partial charge in [-0.25, -0.2) is 18.7 Å². The van der Waals surface area contributed by atoms with E-state index >= 15 is 0 Å². The van der Waals surface area contributed by atoms with Gasteiger partial charge in [-0.3, -0.25) is 19.2 Å². The molecule has 48 heavy (non-hydrogen) atoms. The Kier molecular flexibility index (Phi) is 12.5. The minimum Gasteiger partial charge on any atom is -0.496 e. The van der Waals surface area contributed by atoms with E-state index in [1.807, 2.05) is 0 Å². The van der Waals surface area contributed by atoms with Gasteiger partial charge in [-0.1, -0.05) is 39.0 Å². The molecule has 0 spiro atoms. The summed E-state index contributed by atoms with van der Waals surface area (Å²) in [5, 5.41) is 7.83. The molecular weight excluding hydrogens is 669 g/mol. The summed E-state index contributed by atoms with van der Waals surface area (Å²) < 4.78 is 34.0. The summed E-state index contributed by atoms with van der Waals surface area (Å²) in [7, 11) is 1.45. The number of Topliss-reactive ketones (excluding diaryl/α,β-unsaturated/α-hetero) is 1. The molecule has 0 radical (unpaired) electrons. The standard InChI is InChI=1S/C33H37ClF2N6O5.ClH/c1-7-26(44)39-17(2)31(45)41-29(33(3,4)5)32(46)42-12-8-9-23(42)24(43)14-18-13-19-22(15-25(18)47-6)37-16-38-30(19)40-21-11-10-20(35)27(34)28(21)36;/h7,10-11,13,15-17,23,29H,1,8-9,12,14H2,2-6H3,(H,39,44)(H,41,45)(H,37,38,40);1H/t17-,23-,29+;/m0./s1. The molecule has 1 aromatic heterocycles. The SMILES string of the molecule is C=CC(=O)N[C@@H](C)C(=O)N[C@H](C(=O)N1CCC[C@H]1C(=O)Cc1cc2c(Nc3ccc(F)c(Cl)c3F)ncnc2cc1OC)C(C)(C)C.Cl. The molecule has 2 heterocycles. The average molecular weight is 708 g/mol. The number of aromatic nitrogens is 2. The van der Waals surface area contributed by atoms with Gasteiger partial charge in [0.2, 0.25) is 17.7 Å². The monoisotopic (exact) mass is 706 g/mol. The number of nitrogens with zero attached hydrogens (tertiary/aromatic N) is 3. The molecule has 3 N–H and O–H groups in total. The number of benzene rings is 2. The number of fused-ring (bicyclic) bond motifs is 1. The first kappa shape index (κ1) is 38.1. The maximum absolute atomic E-state index is 14.7. The summed E-state index contributed by atoms with van der Waals surface area (Å²) in [4.78, 5) is 62.4. The van der Waals surface area contributed by atoms with E-state index in [1.165, 1.54) is 31.3 Å². The molecule has 1 aliphatic rings. The third-order valence-corrected chi connectivity index (χ3v) is 8.28. The van der Waals surface area contributed by atoms with Crippen molar-refractivity contribution in [2.24, 2.45) is 5.41 Å². The van der Waals surface area contributed by atoms with Crippen LogP contribution in [0.4, 0.5) is 20.3 Å². The topological polar surface area (TPSA) is 143 Å². The van der Waals surface area contributed by atoms with Gasteiger partial charge in [0, 0.05) is 30.0 Å². The van der Waals surface area contributed by atoms with Crippen molar-refractivity contribution in [2.75, 3.05) is 19.0 Å². The summed E-state index contributed by atoms with van der Waals surface area (Å²) in [5.41, 5.74) is 0.0869. The number of hydrogen-bond acceptors (Lipinski definition) is 8. The van der Waals surface area contributed by atoms with Crippen LogP contribution >= 0.6 is 24.0 Å². The molecule has 2 aromatic carbocycles. The van der Waals surface area contributed by atoms with Crippen LogP contribution in [0.5, 0.6) is 5.75 Å². The molecule has 258 valence electrons. The first-order chi connectivity index (χ1) is 22.2. The maximum Gasteiger partial charge on any atom is 0.246 e. The summed E-state index contributed by atoms with van der Waals surface area (Å²) in [5.74, 6) is -3.07. The molecule has 15 heteroatoms.